The van der Waals surface area contributed by atoms with Gasteiger partial charge in [-0.3, -0.25) is 4.79 Å². The number of ketones is 1. The van der Waals surface area contributed by atoms with Crippen LogP contribution in [-0.2, 0) is 15.0 Å². The number of likely N-dealkylation sites (N-methyl/N-ethyl adjacent to an activating group) is 1. The summed E-state index contributed by atoms with van der Waals surface area (Å²) in [5.41, 5.74) is -1.04. The van der Waals surface area contributed by atoms with Gasteiger partial charge in [-0.05, 0) is 23.3 Å². The van der Waals surface area contributed by atoms with E-state index in [0.29, 0.717) is 17.7 Å². The van der Waals surface area contributed by atoms with Gasteiger partial charge in [-0.25, -0.2) is 9.24 Å². The maximum absolute atomic E-state index is 13.4. The molecular formula is C19H17FN2O2. The predicted molar refractivity (Wildman–Crippen MR) is 87.3 cm³/mol. The standard InChI is InChI=1S/C19H17FN2O2/c1-18(2)15-9-10-22(4)17(24)19(15,11-14(21-3)16(18)23)12-5-7-13(20)8-6-12/h5-9,11H,10H2,1-2,4H3/t19-/m0/s1. The highest BCUT2D eigenvalue weighted by molar-refractivity contribution is 6.10. The van der Waals surface area contributed by atoms with Crippen LogP contribution in [0.4, 0.5) is 4.39 Å². The lowest BCUT2D eigenvalue weighted by Crippen LogP contribution is -2.55. The fourth-order valence-corrected chi connectivity index (χ4v) is 3.65. The summed E-state index contributed by atoms with van der Waals surface area (Å²) in [5.74, 6) is -0.912. The molecule has 0 N–H and O–H groups in total. The number of fused-ring (bicyclic) bond motifs is 1. The van der Waals surface area contributed by atoms with Gasteiger partial charge in [-0.15, -0.1) is 0 Å². The maximum atomic E-state index is 13.4. The van der Waals surface area contributed by atoms with E-state index in [0.717, 1.165) is 0 Å². The molecule has 1 aliphatic carbocycles. The lowest BCUT2D eigenvalue weighted by Gasteiger charge is -2.48. The van der Waals surface area contributed by atoms with Crippen LogP contribution in [0.25, 0.3) is 4.85 Å². The van der Waals surface area contributed by atoms with Crippen molar-refractivity contribution in [2.75, 3.05) is 13.6 Å². The third kappa shape index (κ3) is 1.96. The van der Waals surface area contributed by atoms with E-state index >= 15 is 0 Å². The molecule has 0 saturated heterocycles. The topological polar surface area (TPSA) is 41.7 Å². The molecule has 0 unspecified atom stereocenters. The minimum atomic E-state index is -1.24. The van der Waals surface area contributed by atoms with Gasteiger partial charge in [0.05, 0.1) is 6.57 Å². The van der Waals surface area contributed by atoms with Gasteiger partial charge in [0.2, 0.25) is 11.6 Å². The van der Waals surface area contributed by atoms with Crippen molar-refractivity contribution in [3.8, 4) is 0 Å². The number of benzene rings is 1. The molecule has 0 fully saturated rings. The molecule has 1 aromatic carbocycles. The SMILES string of the molecule is [C-]#[N+]C1=C[C@@]2(c3ccc(F)cc3)C(=O)N(C)CC=C2C(C)(C)C1=O. The lowest BCUT2D eigenvalue weighted by atomic mass is 9.57. The van der Waals surface area contributed by atoms with Crippen LogP contribution >= 0.6 is 0 Å². The van der Waals surface area contributed by atoms with Gasteiger partial charge in [-0.1, -0.05) is 38.1 Å². The second-order valence-electron chi connectivity index (χ2n) is 6.71. The second-order valence-corrected chi connectivity index (χ2v) is 6.71. The highest BCUT2D eigenvalue weighted by atomic mass is 19.1. The summed E-state index contributed by atoms with van der Waals surface area (Å²) in [6.45, 7) is 11.2. The van der Waals surface area contributed by atoms with E-state index in [9.17, 15) is 14.0 Å². The Labute approximate surface area is 140 Å². The molecule has 0 saturated carbocycles. The van der Waals surface area contributed by atoms with Crippen molar-refractivity contribution in [1.82, 2.24) is 4.90 Å². The predicted octanol–water partition coefficient (Wildman–Crippen LogP) is 2.87. The van der Waals surface area contributed by atoms with E-state index in [4.69, 9.17) is 6.57 Å². The Morgan fingerprint density at radius 1 is 1.21 bits per heavy atom. The summed E-state index contributed by atoms with van der Waals surface area (Å²) in [6, 6.07) is 5.67. The molecule has 0 bridgehead atoms. The Bertz CT molecular complexity index is 843. The molecule has 4 nitrogen and oxygen atoms in total. The zero-order chi connectivity index (χ0) is 17.7. The first kappa shape index (κ1) is 16.1. The average Bonchev–Trinajstić information content (AvgIpc) is 2.55. The smallest absolute Gasteiger partial charge is 0.240 e. The minimum Gasteiger partial charge on any atom is -0.341 e. The second kappa shape index (κ2) is 5.13. The number of allylic oxidation sites excluding steroid dienone is 1. The number of amides is 1. The molecule has 1 amide bonds. The number of carbonyl (C=O) groups excluding carboxylic acids is 2. The van der Waals surface area contributed by atoms with E-state index in [2.05, 4.69) is 4.85 Å². The minimum absolute atomic E-state index is 0.0508. The third-order valence-corrected chi connectivity index (χ3v) is 4.93. The normalized spacial score (nSPS) is 25.5. The van der Waals surface area contributed by atoms with Crippen molar-refractivity contribution in [2.24, 2.45) is 5.41 Å². The molecule has 24 heavy (non-hydrogen) atoms. The molecule has 0 spiro atoms. The van der Waals surface area contributed by atoms with Crippen LogP contribution in [-0.4, -0.2) is 30.2 Å². The largest absolute Gasteiger partial charge is 0.341 e. The van der Waals surface area contributed by atoms with Gasteiger partial charge in [0.25, 0.3) is 0 Å². The third-order valence-electron chi connectivity index (χ3n) is 4.93. The van der Waals surface area contributed by atoms with E-state index in [1.807, 2.05) is 6.08 Å². The van der Waals surface area contributed by atoms with Crippen molar-refractivity contribution >= 4 is 11.7 Å². The fraction of sp³-hybridized carbons (Fsp3) is 0.316. The molecule has 5 heteroatoms. The van der Waals surface area contributed by atoms with E-state index < -0.39 is 16.6 Å². The zero-order valence-corrected chi connectivity index (χ0v) is 13.8. The number of rotatable bonds is 1. The number of Topliss-reactive ketones (excluding diaryl/α,β-unsaturated/α-hetero) is 1. The van der Waals surface area contributed by atoms with Crippen molar-refractivity contribution in [3.05, 3.63) is 70.5 Å². The van der Waals surface area contributed by atoms with Gasteiger partial charge < -0.3 is 9.69 Å². The number of hydrogen-bond acceptors (Lipinski definition) is 2. The highest BCUT2D eigenvalue weighted by Crippen LogP contribution is 2.51. The molecule has 1 atom stereocenters. The first-order valence-electron chi connectivity index (χ1n) is 7.63. The van der Waals surface area contributed by atoms with Crippen molar-refractivity contribution < 1.29 is 14.0 Å². The molecule has 0 radical (unpaired) electrons. The Hall–Kier alpha value is -2.74. The number of carbonyl (C=O) groups is 2. The average molecular weight is 324 g/mol. The highest BCUT2D eigenvalue weighted by Gasteiger charge is 2.56. The number of halogens is 1. The summed E-state index contributed by atoms with van der Waals surface area (Å²) in [5, 5.41) is 0. The molecule has 3 rings (SSSR count). The van der Waals surface area contributed by atoms with Crippen molar-refractivity contribution in [1.29, 1.82) is 0 Å². The van der Waals surface area contributed by atoms with E-state index in [1.54, 1.807) is 37.9 Å². The number of hydrogen-bond donors (Lipinski definition) is 0. The molecule has 2 aliphatic rings. The fourth-order valence-electron chi connectivity index (χ4n) is 3.65. The molecule has 122 valence electrons. The van der Waals surface area contributed by atoms with Crippen LogP contribution in [0, 0.1) is 17.8 Å². The van der Waals surface area contributed by atoms with Crippen LogP contribution in [0.1, 0.15) is 19.4 Å². The van der Waals surface area contributed by atoms with Crippen LogP contribution < -0.4 is 0 Å². The van der Waals surface area contributed by atoms with Gasteiger partial charge >= 0.3 is 0 Å². The molecule has 1 heterocycles. The van der Waals surface area contributed by atoms with E-state index in [1.165, 1.54) is 18.2 Å². The van der Waals surface area contributed by atoms with E-state index in [-0.39, 0.29) is 17.4 Å². The van der Waals surface area contributed by atoms with Gasteiger partial charge in [0.15, 0.2) is 5.78 Å². The molecule has 1 aromatic rings. The molecule has 0 aromatic heterocycles. The monoisotopic (exact) mass is 324 g/mol. The van der Waals surface area contributed by atoms with Gasteiger partial charge in [-0.2, -0.15) is 0 Å². The summed E-state index contributed by atoms with van der Waals surface area (Å²) in [6.07, 6.45) is 3.32. The Morgan fingerprint density at radius 2 is 1.83 bits per heavy atom. The van der Waals surface area contributed by atoms with Crippen LogP contribution in [0.3, 0.4) is 0 Å². The first-order valence-corrected chi connectivity index (χ1v) is 7.63. The molecular weight excluding hydrogens is 307 g/mol. The van der Waals surface area contributed by atoms with Crippen LogP contribution in [0.5, 0.6) is 0 Å². The molecule has 1 aliphatic heterocycles. The number of nitrogens with zero attached hydrogens (tertiary/aromatic N) is 2. The van der Waals surface area contributed by atoms with Crippen molar-refractivity contribution in [3.63, 3.8) is 0 Å². The lowest BCUT2D eigenvalue weighted by molar-refractivity contribution is -0.135. The summed E-state index contributed by atoms with van der Waals surface area (Å²) in [4.78, 5) is 30.7. The Morgan fingerprint density at radius 3 is 2.42 bits per heavy atom. The quantitative estimate of drug-likeness (QED) is 0.589. The summed E-state index contributed by atoms with van der Waals surface area (Å²) < 4.78 is 13.4. The zero-order valence-electron chi connectivity index (χ0n) is 13.8. The van der Waals surface area contributed by atoms with Crippen LogP contribution in [0.2, 0.25) is 0 Å². The summed E-state index contributed by atoms with van der Waals surface area (Å²) >= 11 is 0. The van der Waals surface area contributed by atoms with Gasteiger partial charge in [0, 0.05) is 19.0 Å². The Kier molecular flexibility index (Phi) is 3.45. The Balaban J connectivity index is 2.40. The van der Waals surface area contributed by atoms with Gasteiger partial charge in [0.1, 0.15) is 11.2 Å². The first-order chi connectivity index (χ1) is 11.2. The van der Waals surface area contributed by atoms with Crippen LogP contribution in [0.15, 0.2) is 47.7 Å². The maximum Gasteiger partial charge on any atom is 0.240 e. The summed E-state index contributed by atoms with van der Waals surface area (Å²) in [7, 11) is 1.68. The van der Waals surface area contributed by atoms with Crippen molar-refractivity contribution in [2.45, 2.75) is 19.3 Å².